The quantitative estimate of drug-likeness (QED) is 0.815. The summed E-state index contributed by atoms with van der Waals surface area (Å²) < 4.78 is 1.80. The van der Waals surface area contributed by atoms with Crippen LogP contribution < -0.4 is 5.32 Å². The van der Waals surface area contributed by atoms with Gasteiger partial charge in [-0.3, -0.25) is 9.59 Å². The second-order valence-electron chi connectivity index (χ2n) is 4.70. The Hall–Kier alpha value is -2.04. The van der Waals surface area contributed by atoms with Gasteiger partial charge in [-0.05, 0) is 24.8 Å². The fraction of sp³-hybridized carbons (Fsp3) is 0.385. The Balaban J connectivity index is 2.10. The zero-order chi connectivity index (χ0) is 12.7. The molecule has 0 aromatic carbocycles. The number of nitrogens with zero attached hydrogens (tertiary/aromatic N) is 1. The highest BCUT2D eigenvalue weighted by Gasteiger charge is 2.26. The zero-order valence-corrected chi connectivity index (χ0v) is 9.90. The van der Waals surface area contributed by atoms with Gasteiger partial charge in [-0.25, -0.2) is 0 Å². The zero-order valence-electron chi connectivity index (χ0n) is 9.90. The summed E-state index contributed by atoms with van der Waals surface area (Å²) in [6, 6.07) is 0. The number of carbonyl (C=O) groups is 2. The summed E-state index contributed by atoms with van der Waals surface area (Å²) in [5, 5.41) is 11.8. The molecule has 0 saturated carbocycles. The minimum absolute atomic E-state index is 0.0104. The van der Waals surface area contributed by atoms with Crippen LogP contribution >= 0.6 is 0 Å². The molecule has 1 aliphatic carbocycles. The van der Waals surface area contributed by atoms with Crippen molar-refractivity contribution in [2.75, 3.05) is 0 Å². The molecular weight excluding hydrogens is 232 g/mol. The van der Waals surface area contributed by atoms with E-state index in [1.807, 2.05) is 12.3 Å². The molecule has 0 atom stereocenters. The number of rotatable bonds is 2. The molecule has 5 nitrogen and oxygen atoms in total. The number of amides is 1. The van der Waals surface area contributed by atoms with E-state index in [0.29, 0.717) is 12.8 Å². The molecule has 94 valence electrons. The van der Waals surface area contributed by atoms with Crippen LogP contribution in [0.5, 0.6) is 0 Å². The van der Waals surface area contributed by atoms with Crippen molar-refractivity contribution >= 4 is 17.6 Å². The number of nitrogens with one attached hydrogen (secondary N) is 1. The number of aryl methyl sites for hydroxylation is 1. The number of aliphatic carboxylic acids is 1. The topological polar surface area (TPSA) is 71.3 Å². The lowest BCUT2D eigenvalue weighted by Gasteiger charge is -2.16. The summed E-state index contributed by atoms with van der Waals surface area (Å²) >= 11 is 0. The summed E-state index contributed by atoms with van der Waals surface area (Å²) in [6.45, 7) is -0.0104. The third kappa shape index (κ3) is 1.72. The van der Waals surface area contributed by atoms with Crippen LogP contribution in [0.2, 0.25) is 0 Å². The second-order valence-corrected chi connectivity index (χ2v) is 4.70. The summed E-state index contributed by atoms with van der Waals surface area (Å²) in [4.78, 5) is 22.4. The van der Waals surface area contributed by atoms with E-state index in [-0.39, 0.29) is 12.5 Å². The first-order valence-corrected chi connectivity index (χ1v) is 6.08. The van der Waals surface area contributed by atoms with Crippen LogP contribution in [-0.4, -0.2) is 21.6 Å². The van der Waals surface area contributed by atoms with Crippen molar-refractivity contribution in [1.82, 2.24) is 9.88 Å². The van der Waals surface area contributed by atoms with Gasteiger partial charge in [0.2, 0.25) is 5.91 Å². The highest BCUT2D eigenvalue weighted by Crippen LogP contribution is 2.32. The van der Waals surface area contributed by atoms with Crippen LogP contribution in [-0.2, 0) is 29.0 Å². The molecule has 1 amide bonds. The summed E-state index contributed by atoms with van der Waals surface area (Å²) in [5.74, 6) is -0.799. The number of hydrogen-bond acceptors (Lipinski definition) is 2. The van der Waals surface area contributed by atoms with Crippen LogP contribution in [0.25, 0.3) is 5.70 Å². The fourth-order valence-electron chi connectivity index (χ4n) is 2.76. The molecule has 5 heteroatoms. The Morgan fingerprint density at radius 1 is 1.39 bits per heavy atom. The number of carbonyl (C=O) groups excluding carboxylic acids is 1. The highest BCUT2D eigenvalue weighted by molar-refractivity contribution is 5.90. The molecule has 2 N–H and O–H groups in total. The van der Waals surface area contributed by atoms with Crippen LogP contribution in [0.3, 0.4) is 0 Å². The Bertz CT molecular complexity index is 569. The second kappa shape index (κ2) is 4.01. The maximum absolute atomic E-state index is 11.6. The largest absolute Gasteiger partial charge is 0.480 e. The number of carboxylic acids is 1. The average Bonchev–Trinajstić information content (AvgIpc) is 2.56. The molecule has 1 aromatic rings. The average molecular weight is 246 g/mol. The normalized spacial score (nSPS) is 17.6. The fourth-order valence-corrected chi connectivity index (χ4v) is 2.76. The van der Waals surface area contributed by atoms with Gasteiger partial charge in [0.25, 0.3) is 0 Å². The van der Waals surface area contributed by atoms with E-state index in [4.69, 9.17) is 5.11 Å². The van der Waals surface area contributed by atoms with Crippen molar-refractivity contribution in [3.8, 4) is 0 Å². The lowest BCUT2D eigenvalue weighted by atomic mass is 9.97. The van der Waals surface area contributed by atoms with Crippen LogP contribution in [0.1, 0.15) is 29.7 Å². The molecule has 0 radical (unpaired) electrons. The number of allylic oxidation sites excluding steroid dienone is 1. The predicted molar refractivity (Wildman–Crippen MR) is 64.8 cm³/mol. The van der Waals surface area contributed by atoms with Gasteiger partial charge in [-0.1, -0.05) is 6.08 Å². The standard InChI is InChI=1S/C13H14N2O3/c16-11-5-4-8-6-15(7-12(17)18)10-3-1-2-9(14-11)13(8)10/h2,6H,1,3-5,7H2,(H,14,16)(H,17,18). The van der Waals surface area contributed by atoms with Gasteiger partial charge in [0, 0.05) is 29.6 Å². The molecule has 2 aliphatic rings. The van der Waals surface area contributed by atoms with E-state index in [0.717, 1.165) is 35.4 Å². The molecule has 1 aliphatic heterocycles. The Morgan fingerprint density at radius 3 is 3.00 bits per heavy atom. The molecule has 0 bridgehead atoms. The third-order valence-electron chi connectivity index (χ3n) is 3.47. The Morgan fingerprint density at radius 2 is 2.22 bits per heavy atom. The van der Waals surface area contributed by atoms with Crippen LogP contribution in [0, 0.1) is 0 Å². The van der Waals surface area contributed by atoms with Gasteiger partial charge in [-0.2, -0.15) is 0 Å². The van der Waals surface area contributed by atoms with Crippen LogP contribution in [0.15, 0.2) is 12.3 Å². The van der Waals surface area contributed by atoms with Crippen molar-refractivity contribution < 1.29 is 14.7 Å². The molecule has 0 spiro atoms. The minimum atomic E-state index is -0.837. The van der Waals surface area contributed by atoms with Gasteiger partial charge in [0.1, 0.15) is 6.54 Å². The Kier molecular flexibility index (Phi) is 2.47. The first kappa shape index (κ1) is 11.1. The van der Waals surface area contributed by atoms with Crippen molar-refractivity contribution in [3.63, 3.8) is 0 Å². The molecule has 0 unspecified atom stereocenters. The van der Waals surface area contributed by atoms with Gasteiger partial charge in [0.05, 0.1) is 0 Å². The maximum atomic E-state index is 11.6. The maximum Gasteiger partial charge on any atom is 0.323 e. The number of hydrogen-bond donors (Lipinski definition) is 2. The first-order chi connectivity index (χ1) is 8.65. The van der Waals surface area contributed by atoms with Crippen molar-refractivity contribution in [2.24, 2.45) is 0 Å². The molecule has 3 rings (SSSR count). The molecule has 18 heavy (non-hydrogen) atoms. The molecule has 0 fully saturated rings. The first-order valence-electron chi connectivity index (χ1n) is 6.08. The Labute approximate surface area is 104 Å². The molecule has 2 heterocycles. The van der Waals surface area contributed by atoms with E-state index in [9.17, 15) is 9.59 Å². The van der Waals surface area contributed by atoms with Gasteiger partial charge in [-0.15, -0.1) is 0 Å². The molecular formula is C13H14N2O3. The van der Waals surface area contributed by atoms with Crippen LogP contribution in [0.4, 0.5) is 0 Å². The number of carboxylic acid groups (broad SMARTS) is 1. The van der Waals surface area contributed by atoms with Crippen molar-refractivity contribution in [1.29, 1.82) is 0 Å². The summed E-state index contributed by atoms with van der Waals surface area (Å²) in [5.41, 5.74) is 4.02. The monoisotopic (exact) mass is 246 g/mol. The number of aromatic nitrogens is 1. The lowest BCUT2D eigenvalue weighted by molar-refractivity contribution is -0.137. The van der Waals surface area contributed by atoms with E-state index in [1.165, 1.54) is 0 Å². The lowest BCUT2D eigenvalue weighted by Crippen LogP contribution is -2.22. The molecule has 0 saturated heterocycles. The van der Waals surface area contributed by atoms with E-state index in [2.05, 4.69) is 5.32 Å². The highest BCUT2D eigenvalue weighted by atomic mass is 16.4. The van der Waals surface area contributed by atoms with E-state index < -0.39 is 5.97 Å². The van der Waals surface area contributed by atoms with E-state index >= 15 is 0 Å². The van der Waals surface area contributed by atoms with E-state index in [1.54, 1.807) is 4.57 Å². The van der Waals surface area contributed by atoms with Crippen molar-refractivity contribution in [2.45, 2.75) is 32.2 Å². The van der Waals surface area contributed by atoms with Crippen molar-refractivity contribution in [3.05, 3.63) is 29.1 Å². The predicted octanol–water partition coefficient (Wildman–Crippen LogP) is 0.922. The van der Waals surface area contributed by atoms with Gasteiger partial charge < -0.3 is 15.0 Å². The SMILES string of the molecule is O=C(O)Cn1cc2c3c1CCC=C3NC(=O)CC2. The third-order valence-corrected chi connectivity index (χ3v) is 3.47. The summed E-state index contributed by atoms with van der Waals surface area (Å²) in [6.07, 6.45) is 6.73. The summed E-state index contributed by atoms with van der Waals surface area (Å²) in [7, 11) is 0. The van der Waals surface area contributed by atoms with Gasteiger partial charge >= 0.3 is 5.97 Å². The molecule has 1 aromatic heterocycles. The smallest absolute Gasteiger partial charge is 0.323 e. The minimum Gasteiger partial charge on any atom is -0.480 e. The van der Waals surface area contributed by atoms with Gasteiger partial charge in [0.15, 0.2) is 0 Å².